The Morgan fingerprint density at radius 2 is 1.81 bits per heavy atom. The minimum absolute atomic E-state index is 0. The van der Waals surface area contributed by atoms with Crippen molar-refractivity contribution in [3.63, 3.8) is 0 Å². The van der Waals surface area contributed by atoms with Crippen molar-refractivity contribution in [1.82, 2.24) is 15.1 Å². The Bertz CT molecular complexity index is 535. The lowest BCUT2D eigenvalue weighted by Gasteiger charge is -2.39. The number of carbonyl (C=O) groups is 1. The Balaban J connectivity index is 0.00000169. The van der Waals surface area contributed by atoms with E-state index in [0.717, 1.165) is 51.9 Å². The van der Waals surface area contributed by atoms with E-state index in [4.69, 9.17) is 0 Å². The van der Waals surface area contributed by atoms with Crippen molar-refractivity contribution in [2.24, 2.45) is 5.92 Å². The molecule has 2 fully saturated rings. The summed E-state index contributed by atoms with van der Waals surface area (Å²) in [4.78, 5) is 17.4. The highest BCUT2D eigenvalue weighted by Crippen LogP contribution is 2.23. The predicted octanol–water partition coefficient (Wildman–Crippen LogP) is 3.34. The maximum atomic E-state index is 12.8. The maximum Gasteiger partial charge on any atom is 0.225 e. The van der Waals surface area contributed by atoms with Crippen molar-refractivity contribution in [2.75, 3.05) is 26.7 Å². The molecule has 0 aliphatic carbocycles. The minimum atomic E-state index is 0. The molecule has 1 amide bonds. The number of hydrogen-bond donors (Lipinski definition) is 1. The monoisotopic (exact) mass is 401 g/mol. The minimum Gasteiger partial charge on any atom is -0.342 e. The van der Waals surface area contributed by atoms with E-state index < -0.39 is 0 Å². The Morgan fingerprint density at radius 1 is 1.15 bits per heavy atom. The molecular weight excluding hydrogens is 369 g/mol. The van der Waals surface area contributed by atoms with Gasteiger partial charge in [0.15, 0.2) is 0 Å². The van der Waals surface area contributed by atoms with E-state index in [1.165, 1.54) is 5.56 Å². The van der Waals surface area contributed by atoms with Gasteiger partial charge in [-0.1, -0.05) is 30.3 Å². The first kappa shape index (κ1) is 23.2. The Kier molecular flexibility index (Phi) is 9.94. The summed E-state index contributed by atoms with van der Waals surface area (Å²) in [5, 5.41) is 3.44. The van der Waals surface area contributed by atoms with Crippen LogP contribution in [0.4, 0.5) is 0 Å². The molecular formula is C20H33Cl2N3O. The quantitative estimate of drug-likeness (QED) is 0.839. The molecule has 0 unspecified atom stereocenters. The van der Waals surface area contributed by atoms with E-state index in [-0.39, 0.29) is 30.7 Å². The molecule has 0 radical (unpaired) electrons. The van der Waals surface area contributed by atoms with Crippen molar-refractivity contribution in [3.8, 4) is 0 Å². The van der Waals surface area contributed by atoms with Crippen LogP contribution in [0.25, 0.3) is 0 Å². The number of hydrogen-bond acceptors (Lipinski definition) is 3. The van der Waals surface area contributed by atoms with Crippen molar-refractivity contribution in [2.45, 2.75) is 51.2 Å². The predicted molar refractivity (Wildman–Crippen MR) is 112 cm³/mol. The molecule has 2 atom stereocenters. The second kappa shape index (κ2) is 11.1. The van der Waals surface area contributed by atoms with Gasteiger partial charge in [-0.2, -0.15) is 0 Å². The molecule has 2 aliphatic rings. The highest BCUT2D eigenvalue weighted by molar-refractivity contribution is 5.85. The number of rotatable bonds is 4. The highest BCUT2D eigenvalue weighted by Gasteiger charge is 2.31. The van der Waals surface area contributed by atoms with E-state index in [1.807, 2.05) is 7.05 Å². The Morgan fingerprint density at radius 3 is 2.42 bits per heavy atom. The molecule has 6 heteroatoms. The van der Waals surface area contributed by atoms with E-state index in [0.29, 0.717) is 18.0 Å². The molecule has 0 saturated carbocycles. The van der Waals surface area contributed by atoms with Gasteiger partial charge in [0.1, 0.15) is 0 Å². The molecule has 1 aromatic rings. The van der Waals surface area contributed by atoms with Crippen LogP contribution in [0.1, 0.15) is 38.2 Å². The summed E-state index contributed by atoms with van der Waals surface area (Å²) in [7, 11) is 2.02. The number of amides is 1. The topological polar surface area (TPSA) is 35.6 Å². The van der Waals surface area contributed by atoms with Gasteiger partial charge in [-0.15, -0.1) is 24.8 Å². The summed E-state index contributed by atoms with van der Waals surface area (Å²) in [5.74, 6) is 0.582. The van der Waals surface area contributed by atoms with Crippen LogP contribution >= 0.6 is 24.8 Å². The standard InChI is InChI=1S/C20H31N3O.2ClH/c1-16-14-18(8-11-21-16)20(24)22(2)19-9-12-23(13-10-19)15-17-6-4-3-5-7-17;;/h3-7,16,18-19,21H,8-15H2,1-2H3;2*1H/t16-,18-;;/m0../s1. The van der Waals surface area contributed by atoms with Gasteiger partial charge in [0.25, 0.3) is 0 Å². The number of benzene rings is 1. The zero-order valence-corrected chi connectivity index (χ0v) is 17.5. The van der Waals surface area contributed by atoms with Gasteiger partial charge in [0.05, 0.1) is 0 Å². The van der Waals surface area contributed by atoms with Gasteiger partial charge in [-0.3, -0.25) is 9.69 Å². The van der Waals surface area contributed by atoms with Gasteiger partial charge >= 0.3 is 0 Å². The molecule has 2 aliphatic heterocycles. The first-order valence-corrected chi connectivity index (χ1v) is 9.40. The van der Waals surface area contributed by atoms with Gasteiger partial charge in [-0.05, 0) is 44.7 Å². The van der Waals surface area contributed by atoms with Crippen LogP contribution in [0.2, 0.25) is 0 Å². The van der Waals surface area contributed by atoms with Gasteiger partial charge in [0.2, 0.25) is 5.91 Å². The fourth-order valence-electron chi connectivity index (χ4n) is 4.13. The summed E-state index contributed by atoms with van der Waals surface area (Å²) in [6.45, 7) is 6.35. The van der Waals surface area contributed by atoms with Gasteiger partial charge < -0.3 is 10.2 Å². The third kappa shape index (κ3) is 6.12. The first-order valence-electron chi connectivity index (χ1n) is 9.40. The molecule has 148 valence electrons. The number of likely N-dealkylation sites (tertiary alicyclic amines) is 1. The van der Waals surface area contributed by atoms with Crippen molar-refractivity contribution in [1.29, 1.82) is 0 Å². The zero-order valence-electron chi connectivity index (χ0n) is 15.9. The second-order valence-corrected chi connectivity index (χ2v) is 7.52. The number of carbonyl (C=O) groups excluding carboxylic acids is 1. The molecule has 0 bridgehead atoms. The smallest absolute Gasteiger partial charge is 0.225 e. The van der Waals surface area contributed by atoms with Crippen molar-refractivity contribution >= 4 is 30.7 Å². The molecule has 2 heterocycles. The average molecular weight is 402 g/mol. The number of halogens is 2. The fraction of sp³-hybridized carbons (Fsp3) is 0.650. The summed E-state index contributed by atoms with van der Waals surface area (Å²) < 4.78 is 0. The van der Waals surface area contributed by atoms with Crippen LogP contribution in [0.5, 0.6) is 0 Å². The van der Waals surface area contributed by atoms with Crippen LogP contribution < -0.4 is 5.32 Å². The normalized spacial score (nSPS) is 24.2. The summed E-state index contributed by atoms with van der Waals surface area (Å²) in [6.07, 6.45) is 4.15. The maximum absolute atomic E-state index is 12.8. The molecule has 1 aromatic carbocycles. The van der Waals surface area contributed by atoms with Gasteiger partial charge in [-0.25, -0.2) is 0 Å². The lowest BCUT2D eigenvalue weighted by molar-refractivity contribution is -0.138. The van der Waals surface area contributed by atoms with Crippen LogP contribution in [0, 0.1) is 5.92 Å². The molecule has 2 saturated heterocycles. The molecule has 0 spiro atoms. The number of piperidine rings is 2. The van der Waals surface area contributed by atoms with Crippen molar-refractivity contribution in [3.05, 3.63) is 35.9 Å². The lowest BCUT2D eigenvalue weighted by Crippen LogP contribution is -2.49. The molecule has 1 N–H and O–H groups in total. The first-order chi connectivity index (χ1) is 11.6. The SMILES string of the molecule is C[C@H]1C[C@@H](C(=O)N(C)C2CCN(Cc3ccccc3)CC2)CCN1.Cl.Cl. The number of nitrogens with one attached hydrogen (secondary N) is 1. The summed E-state index contributed by atoms with van der Waals surface area (Å²) in [6, 6.07) is 11.5. The van der Waals surface area contributed by atoms with Crippen LogP contribution in [-0.2, 0) is 11.3 Å². The van der Waals surface area contributed by atoms with E-state index >= 15 is 0 Å². The van der Waals surface area contributed by atoms with Crippen LogP contribution in [-0.4, -0.2) is 54.5 Å². The van der Waals surface area contributed by atoms with Crippen molar-refractivity contribution < 1.29 is 4.79 Å². The Labute approximate surface area is 170 Å². The third-order valence-corrected chi connectivity index (χ3v) is 5.67. The van der Waals surface area contributed by atoms with Gasteiger partial charge in [0, 0.05) is 44.7 Å². The summed E-state index contributed by atoms with van der Waals surface area (Å²) in [5.41, 5.74) is 1.38. The van der Waals surface area contributed by atoms with E-state index in [2.05, 4.69) is 52.4 Å². The average Bonchev–Trinajstić information content (AvgIpc) is 2.62. The zero-order chi connectivity index (χ0) is 16.9. The number of nitrogens with zero attached hydrogens (tertiary/aromatic N) is 2. The second-order valence-electron chi connectivity index (χ2n) is 7.52. The molecule has 26 heavy (non-hydrogen) atoms. The fourth-order valence-corrected chi connectivity index (χ4v) is 4.13. The molecule has 0 aromatic heterocycles. The van der Waals surface area contributed by atoms with Crippen LogP contribution in [0.3, 0.4) is 0 Å². The van der Waals surface area contributed by atoms with Crippen LogP contribution in [0.15, 0.2) is 30.3 Å². The molecule has 3 rings (SSSR count). The lowest BCUT2D eigenvalue weighted by atomic mass is 9.91. The van der Waals surface area contributed by atoms with E-state index in [1.54, 1.807) is 0 Å². The molecule has 4 nitrogen and oxygen atoms in total. The summed E-state index contributed by atoms with van der Waals surface area (Å²) >= 11 is 0. The Hall–Kier alpha value is -0.810. The highest BCUT2D eigenvalue weighted by atomic mass is 35.5. The van der Waals surface area contributed by atoms with E-state index in [9.17, 15) is 4.79 Å². The largest absolute Gasteiger partial charge is 0.342 e. The third-order valence-electron chi connectivity index (χ3n) is 5.67.